The zero-order valence-electron chi connectivity index (χ0n) is 17.7. The molecule has 1 aliphatic rings. The highest BCUT2D eigenvalue weighted by atomic mass is 16.5. The Bertz CT molecular complexity index is 852. The fourth-order valence-electron chi connectivity index (χ4n) is 3.17. The normalized spacial score (nSPS) is 16.2. The van der Waals surface area contributed by atoms with Gasteiger partial charge in [-0.15, -0.1) is 0 Å². The second-order valence-electron chi connectivity index (χ2n) is 7.06. The van der Waals surface area contributed by atoms with Gasteiger partial charge in [0.25, 0.3) is 5.91 Å². The van der Waals surface area contributed by atoms with Crippen LogP contribution in [0.25, 0.3) is 0 Å². The van der Waals surface area contributed by atoms with Gasteiger partial charge in [0, 0.05) is 23.9 Å². The average molecular weight is 412 g/mol. The van der Waals surface area contributed by atoms with Gasteiger partial charge >= 0.3 is 0 Å². The molecule has 0 saturated carbocycles. The molecule has 160 valence electrons. The fourth-order valence-corrected chi connectivity index (χ4v) is 3.17. The molecule has 0 aromatic heterocycles. The van der Waals surface area contributed by atoms with Crippen molar-refractivity contribution in [2.75, 3.05) is 32.7 Å². The number of nitrogens with one attached hydrogen (secondary N) is 2. The molecule has 1 saturated heterocycles. The number of aliphatic imine (C=N–C) groups is 1. The van der Waals surface area contributed by atoms with E-state index in [0.29, 0.717) is 29.6 Å². The lowest BCUT2D eigenvalue weighted by Gasteiger charge is -2.14. The summed E-state index contributed by atoms with van der Waals surface area (Å²) in [5.74, 6) is 1.15. The number of carbonyl (C=O) groups is 1. The Hall–Kier alpha value is -3.06. The highest BCUT2D eigenvalue weighted by Crippen LogP contribution is 2.22. The average Bonchev–Trinajstić information content (AvgIpc) is 3.31. The first-order chi connectivity index (χ1) is 14.6. The van der Waals surface area contributed by atoms with Crippen LogP contribution < -0.4 is 20.1 Å². The van der Waals surface area contributed by atoms with Gasteiger partial charge < -0.3 is 19.5 Å². The van der Waals surface area contributed by atoms with Crippen LogP contribution in [0.4, 0.5) is 5.69 Å². The molecule has 30 heavy (non-hydrogen) atoms. The van der Waals surface area contributed by atoms with Crippen LogP contribution in [-0.2, 0) is 11.2 Å². The van der Waals surface area contributed by atoms with Crippen molar-refractivity contribution in [3.05, 3.63) is 53.6 Å². The summed E-state index contributed by atoms with van der Waals surface area (Å²) in [5, 5.41) is 6.08. The van der Waals surface area contributed by atoms with Gasteiger partial charge in [-0.25, -0.2) is 4.99 Å². The second-order valence-corrected chi connectivity index (χ2v) is 7.06. The van der Waals surface area contributed by atoms with Crippen LogP contribution in [0.15, 0.2) is 47.5 Å². The number of anilines is 1. The molecular formula is C23H29N3O4. The molecule has 1 unspecified atom stereocenters. The third-order valence-electron chi connectivity index (χ3n) is 4.95. The van der Waals surface area contributed by atoms with Crippen LogP contribution >= 0.6 is 0 Å². The second kappa shape index (κ2) is 10.6. The maximum Gasteiger partial charge on any atom is 0.258 e. The van der Waals surface area contributed by atoms with E-state index in [1.165, 1.54) is 5.56 Å². The Morgan fingerprint density at radius 1 is 1.13 bits per heavy atom. The molecule has 1 atom stereocenters. The monoisotopic (exact) mass is 411 g/mol. The Morgan fingerprint density at radius 3 is 2.40 bits per heavy atom. The van der Waals surface area contributed by atoms with Crippen molar-refractivity contribution in [3.63, 3.8) is 0 Å². The van der Waals surface area contributed by atoms with E-state index in [4.69, 9.17) is 14.2 Å². The number of amides is 1. The smallest absolute Gasteiger partial charge is 0.258 e. The summed E-state index contributed by atoms with van der Waals surface area (Å²) in [6.07, 6.45) is 3.06. The molecule has 2 aromatic carbocycles. The van der Waals surface area contributed by atoms with Gasteiger partial charge in [0.1, 0.15) is 11.5 Å². The van der Waals surface area contributed by atoms with Crippen LogP contribution in [0.5, 0.6) is 11.5 Å². The summed E-state index contributed by atoms with van der Waals surface area (Å²) >= 11 is 0. The van der Waals surface area contributed by atoms with Crippen LogP contribution in [0.2, 0.25) is 0 Å². The Balaban J connectivity index is 1.78. The molecular weight excluding hydrogens is 382 g/mol. The summed E-state index contributed by atoms with van der Waals surface area (Å²) in [6.45, 7) is 3.36. The van der Waals surface area contributed by atoms with Crippen molar-refractivity contribution in [2.24, 2.45) is 4.99 Å². The molecule has 1 amide bonds. The van der Waals surface area contributed by atoms with Crippen molar-refractivity contribution in [1.29, 1.82) is 0 Å². The van der Waals surface area contributed by atoms with E-state index in [-0.39, 0.29) is 12.0 Å². The number of carbonyl (C=O) groups excluding carboxylic acids is 1. The first-order valence-corrected chi connectivity index (χ1v) is 10.2. The molecule has 0 radical (unpaired) electrons. The summed E-state index contributed by atoms with van der Waals surface area (Å²) < 4.78 is 16.2. The standard InChI is InChI=1S/C23H29N3O4/c1-4-16-7-9-18(10-8-16)25-23(24-15-19-6-5-11-30-19)26-22(27)17-12-20(28-2)14-21(13-17)29-3/h7-10,12-14,19H,4-6,11,15H2,1-3H3,(H2,24,25,26,27). The molecule has 1 heterocycles. The fraction of sp³-hybridized carbons (Fsp3) is 0.391. The van der Waals surface area contributed by atoms with Crippen LogP contribution in [0, 0.1) is 0 Å². The van der Waals surface area contributed by atoms with E-state index >= 15 is 0 Å². The zero-order valence-corrected chi connectivity index (χ0v) is 17.7. The summed E-state index contributed by atoms with van der Waals surface area (Å²) in [7, 11) is 3.10. The minimum absolute atomic E-state index is 0.0816. The number of ether oxygens (including phenoxy) is 3. The Kier molecular flexibility index (Phi) is 7.68. The number of rotatable bonds is 7. The van der Waals surface area contributed by atoms with E-state index in [9.17, 15) is 4.79 Å². The SMILES string of the molecule is CCc1ccc(NC(=NCC2CCCO2)NC(=O)c2cc(OC)cc(OC)c2)cc1. The van der Waals surface area contributed by atoms with Gasteiger partial charge in [0.05, 0.1) is 26.9 Å². The van der Waals surface area contributed by atoms with Gasteiger partial charge in [-0.05, 0) is 49.1 Å². The molecule has 7 nitrogen and oxygen atoms in total. The zero-order chi connectivity index (χ0) is 21.3. The predicted octanol–water partition coefficient (Wildman–Crippen LogP) is 3.64. The highest BCUT2D eigenvalue weighted by Gasteiger charge is 2.17. The molecule has 0 spiro atoms. The van der Waals surface area contributed by atoms with Crippen molar-refractivity contribution in [2.45, 2.75) is 32.3 Å². The van der Waals surface area contributed by atoms with E-state index in [1.807, 2.05) is 12.1 Å². The first kappa shape index (κ1) is 21.6. The van der Waals surface area contributed by atoms with Crippen molar-refractivity contribution >= 4 is 17.6 Å². The topological polar surface area (TPSA) is 81.2 Å². The largest absolute Gasteiger partial charge is 0.497 e. The number of hydrogen-bond acceptors (Lipinski definition) is 5. The van der Waals surface area contributed by atoms with E-state index in [2.05, 4.69) is 34.7 Å². The Morgan fingerprint density at radius 2 is 1.83 bits per heavy atom. The third kappa shape index (κ3) is 5.97. The number of methoxy groups -OCH3 is 2. The lowest BCUT2D eigenvalue weighted by atomic mass is 10.1. The number of guanidine groups is 1. The summed E-state index contributed by atoms with van der Waals surface area (Å²) in [5.41, 5.74) is 2.51. The van der Waals surface area contributed by atoms with Crippen LogP contribution in [0.3, 0.4) is 0 Å². The minimum atomic E-state index is -0.309. The Labute approximate surface area is 177 Å². The highest BCUT2D eigenvalue weighted by molar-refractivity contribution is 6.10. The number of benzene rings is 2. The van der Waals surface area contributed by atoms with Crippen LogP contribution in [-0.4, -0.2) is 45.3 Å². The summed E-state index contributed by atoms with van der Waals surface area (Å²) in [4.78, 5) is 17.5. The minimum Gasteiger partial charge on any atom is -0.497 e. The van der Waals surface area contributed by atoms with Gasteiger partial charge in [-0.1, -0.05) is 19.1 Å². The van der Waals surface area contributed by atoms with Gasteiger partial charge in [-0.2, -0.15) is 0 Å². The van der Waals surface area contributed by atoms with Gasteiger partial charge in [0.15, 0.2) is 0 Å². The van der Waals surface area contributed by atoms with Gasteiger partial charge in [0.2, 0.25) is 5.96 Å². The quantitative estimate of drug-likeness (QED) is 0.537. The van der Waals surface area contributed by atoms with Crippen LogP contribution in [0.1, 0.15) is 35.7 Å². The van der Waals surface area contributed by atoms with Crippen molar-refractivity contribution in [1.82, 2.24) is 5.32 Å². The van der Waals surface area contributed by atoms with Crippen molar-refractivity contribution in [3.8, 4) is 11.5 Å². The first-order valence-electron chi connectivity index (χ1n) is 10.2. The van der Waals surface area contributed by atoms with E-state index in [1.54, 1.807) is 32.4 Å². The number of hydrogen-bond donors (Lipinski definition) is 2. The number of aryl methyl sites for hydroxylation is 1. The molecule has 0 aliphatic carbocycles. The maximum absolute atomic E-state index is 12.9. The lowest BCUT2D eigenvalue weighted by Crippen LogP contribution is -2.36. The molecule has 7 heteroatoms. The predicted molar refractivity (Wildman–Crippen MR) is 118 cm³/mol. The van der Waals surface area contributed by atoms with Crippen molar-refractivity contribution < 1.29 is 19.0 Å². The molecule has 3 rings (SSSR count). The van der Waals surface area contributed by atoms with Gasteiger partial charge in [-0.3, -0.25) is 10.1 Å². The molecule has 1 fully saturated rings. The maximum atomic E-state index is 12.9. The van der Waals surface area contributed by atoms with E-state index in [0.717, 1.165) is 31.6 Å². The molecule has 0 bridgehead atoms. The molecule has 1 aliphatic heterocycles. The summed E-state index contributed by atoms with van der Waals surface area (Å²) in [6, 6.07) is 13.1. The third-order valence-corrected chi connectivity index (χ3v) is 4.95. The molecule has 2 aromatic rings. The molecule has 2 N–H and O–H groups in total. The number of nitrogens with zero attached hydrogens (tertiary/aromatic N) is 1. The van der Waals surface area contributed by atoms with E-state index < -0.39 is 0 Å². The lowest BCUT2D eigenvalue weighted by molar-refractivity contribution is 0.0975.